The maximum Gasteiger partial charge on any atom is 0.222 e. The van der Waals surface area contributed by atoms with Crippen molar-refractivity contribution in [1.29, 1.82) is 0 Å². The molecule has 1 saturated heterocycles. The Bertz CT molecular complexity index is 746. The number of carbonyl (C=O) groups excluding carboxylic acids is 1. The number of likely N-dealkylation sites (tertiary alicyclic amines) is 1. The highest BCUT2D eigenvalue weighted by Crippen LogP contribution is 2.41. The molecule has 1 aromatic carbocycles. The summed E-state index contributed by atoms with van der Waals surface area (Å²) in [5, 5.41) is 0. The highest BCUT2D eigenvalue weighted by Gasteiger charge is 2.41. The minimum Gasteiger partial charge on any atom is -0.493 e. The van der Waals surface area contributed by atoms with E-state index in [9.17, 15) is 4.79 Å². The predicted molar refractivity (Wildman–Crippen MR) is 116 cm³/mol. The average Bonchev–Trinajstić information content (AvgIpc) is 3.06. The number of allylic oxidation sites excluding steroid dienone is 1. The molecule has 0 spiro atoms. The molecular formula is C24H36N2O3. The molecule has 1 aliphatic heterocycles. The first kappa shape index (κ1) is 21.7. The van der Waals surface area contributed by atoms with Crippen molar-refractivity contribution in [2.24, 2.45) is 11.8 Å². The van der Waals surface area contributed by atoms with Crippen molar-refractivity contribution in [1.82, 2.24) is 9.80 Å². The van der Waals surface area contributed by atoms with Crippen LogP contribution in [0, 0.1) is 11.8 Å². The number of benzene rings is 1. The van der Waals surface area contributed by atoms with Crippen LogP contribution in [0.15, 0.2) is 24.8 Å². The van der Waals surface area contributed by atoms with Gasteiger partial charge in [0.1, 0.15) is 0 Å². The summed E-state index contributed by atoms with van der Waals surface area (Å²) in [6.45, 7) is 9.72. The van der Waals surface area contributed by atoms with E-state index in [1.165, 1.54) is 12.0 Å². The standard InChI is InChI=1S/C24H36N2O3/c1-7-8-18-9-17(10-22(28-6)24(18)29-16(2)3)14-25(4)21-11-19-13-23(27)26(5)15-20(19)12-21/h7,9-10,16,19-21H,1,8,11-15H2,2-6H3/t19-,20+,21-/m1/s1. The predicted octanol–water partition coefficient (Wildman–Crippen LogP) is 3.90. The minimum atomic E-state index is 0.0867. The number of fused-ring (bicyclic) bond motifs is 1. The highest BCUT2D eigenvalue weighted by molar-refractivity contribution is 5.77. The Labute approximate surface area is 175 Å². The number of piperidine rings is 1. The Morgan fingerprint density at radius 1 is 1.31 bits per heavy atom. The van der Waals surface area contributed by atoms with Gasteiger partial charge in [0.15, 0.2) is 11.5 Å². The SMILES string of the molecule is C=CCc1cc(CN(C)[C@@H]2C[C@@H]3CC(=O)N(C)C[C@@H]3C2)cc(OC)c1OC(C)C. The summed E-state index contributed by atoms with van der Waals surface area (Å²) in [6, 6.07) is 4.84. The van der Waals surface area contributed by atoms with Crippen LogP contribution in [0.4, 0.5) is 0 Å². The van der Waals surface area contributed by atoms with Gasteiger partial charge in [0.05, 0.1) is 13.2 Å². The lowest BCUT2D eigenvalue weighted by Gasteiger charge is -2.31. The molecule has 0 N–H and O–H groups in total. The second-order valence-corrected chi connectivity index (χ2v) is 8.98. The van der Waals surface area contributed by atoms with Crippen molar-refractivity contribution in [2.75, 3.05) is 27.7 Å². The Hall–Kier alpha value is -2.01. The molecule has 29 heavy (non-hydrogen) atoms. The number of rotatable bonds is 8. The van der Waals surface area contributed by atoms with Crippen LogP contribution in [0.1, 0.15) is 44.2 Å². The maximum atomic E-state index is 12.1. The first-order valence-corrected chi connectivity index (χ1v) is 10.7. The number of ether oxygens (including phenoxy) is 2. The third-order valence-corrected chi connectivity index (χ3v) is 6.37. The fourth-order valence-electron chi connectivity index (χ4n) is 4.91. The van der Waals surface area contributed by atoms with Crippen LogP contribution in [0.5, 0.6) is 11.5 Å². The van der Waals surface area contributed by atoms with E-state index >= 15 is 0 Å². The lowest BCUT2D eigenvalue weighted by molar-refractivity contribution is -0.134. The van der Waals surface area contributed by atoms with Crippen LogP contribution in [0.3, 0.4) is 0 Å². The molecule has 5 heteroatoms. The number of nitrogens with zero attached hydrogens (tertiary/aromatic N) is 2. The van der Waals surface area contributed by atoms with Gasteiger partial charge >= 0.3 is 0 Å². The van der Waals surface area contributed by atoms with E-state index in [1.807, 2.05) is 31.9 Å². The molecular weight excluding hydrogens is 364 g/mol. The van der Waals surface area contributed by atoms with Gasteiger partial charge in [-0.1, -0.05) is 12.1 Å². The molecule has 0 unspecified atom stereocenters. The van der Waals surface area contributed by atoms with E-state index < -0.39 is 0 Å². The van der Waals surface area contributed by atoms with Gasteiger partial charge in [-0.3, -0.25) is 9.69 Å². The molecule has 3 atom stereocenters. The van der Waals surface area contributed by atoms with Crippen LogP contribution >= 0.6 is 0 Å². The second-order valence-electron chi connectivity index (χ2n) is 8.98. The molecule has 2 aliphatic rings. The van der Waals surface area contributed by atoms with E-state index in [-0.39, 0.29) is 6.10 Å². The molecule has 1 heterocycles. The fraction of sp³-hybridized carbons (Fsp3) is 0.625. The monoisotopic (exact) mass is 400 g/mol. The average molecular weight is 401 g/mol. The molecule has 0 radical (unpaired) electrons. The Morgan fingerprint density at radius 2 is 2.03 bits per heavy atom. The van der Waals surface area contributed by atoms with E-state index in [4.69, 9.17) is 9.47 Å². The lowest BCUT2D eigenvalue weighted by Crippen LogP contribution is -2.39. The van der Waals surface area contributed by atoms with Crippen LogP contribution in [-0.2, 0) is 17.8 Å². The van der Waals surface area contributed by atoms with Crippen molar-refractivity contribution in [2.45, 2.75) is 58.2 Å². The molecule has 0 aromatic heterocycles. The summed E-state index contributed by atoms with van der Waals surface area (Å²) in [7, 11) is 5.83. The number of carbonyl (C=O) groups is 1. The Morgan fingerprint density at radius 3 is 2.69 bits per heavy atom. The smallest absolute Gasteiger partial charge is 0.222 e. The zero-order valence-electron chi connectivity index (χ0n) is 18.6. The number of hydrogen-bond acceptors (Lipinski definition) is 4. The summed E-state index contributed by atoms with van der Waals surface area (Å²) in [5.41, 5.74) is 2.34. The van der Waals surface area contributed by atoms with Gasteiger partial charge in [-0.25, -0.2) is 0 Å². The first-order chi connectivity index (χ1) is 13.8. The summed E-state index contributed by atoms with van der Waals surface area (Å²) < 4.78 is 11.7. The normalized spacial score (nSPS) is 24.2. The fourth-order valence-corrected chi connectivity index (χ4v) is 4.91. The van der Waals surface area contributed by atoms with E-state index in [0.29, 0.717) is 30.2 Å². The van der Waals surface area contributed by atoms with Gasteiger partial charge in [-0.15, -0.1) is 6.58 Å². The van der Waals surface area contributed by atoms with Crippen molar-refractivity contribution >= 4 is 5.91 Å². The molecule has 1 amide bonds. The molecule has 2 fully saturated rings. The van der Waals surface area contributed by atoms with Crippen molar-refractivity contribution in [3.8, 4) is 11.5 Å². The van der Waals surface area contributed by atoms with Gasteiger partial charge in [0, 0.05) is 38.2 Å². The molecule has 160 valence electrons. The van der Waals surface area contributed by atoms with Gasteiger partial charge in [0.25, 0.3) is 0 Å². The van der Waals surface area contributed by atoms with E-state index in [1.54, 1.807) is 7.11 Å². The van der Waals surface area contributed by atoms with E-state index in [2.05, 4.69) is 30.7 Å². The quantitative estimate of drug-likeness (QED) is 0.621. The first-order valence-electron chi connectivity index (χ1n) is 10.7. The van der Waals surface area contributed by atoms with E-state index in [0.717, 1.165) is 43.0 Å². The summed E-state index contributed by atoms with van der Waals surface area (Å²) >= 11 is 0. The largest absolute Gasteiger partial charge is 0.493 e. The molecule has 3 rings (SSSR count). The maximum absolute atomic E-state index is 12.1. The van der Waals surface area contributed by atoms with Crippen molar-refractivity contribution < 1.29 is 14.3 Å². The second kappa shape index (κ2) is 9.21. The molecule has 0 bridgehead atoms. The molecule has 1 aliphatic carbocycles. The minimum absolute atomic E-state index is 0.0867. The Balaban J connectivity index is 1.74. The van der Waals surface area contributed by atoms with Crippen LogP contribution in [0.25, 0.3) is 0 Å². The zero-order valence-corrected chi connectivity index (χ0v) is 18.6. The lowest BCUT2D eigenvalue weighted by atomic mass is 9.88. The van der Waals surface area contributed by atoms with Crippen LogP contribution in [-0.4, -0.2) is 55.6 Å². The zero-order chi connectivity index (χ0) is 21.1. The topological polar surface area (TPSA) is 42.0 Å². The summed E-state index contributed by atoms with van der Waals surface area (Å²) in [6.07, 6.45) is 5.74. The highest BCUT2D eigenvalue weighted by atomic mass is 16.5. The molecule has 1 aromatic rings. The summed E-state index contributed by atoms with van der Waals surface area (Å²) in [5.74, 6) is 3.08. The number of amides is 1. The third-order valence-electron chi connectivity index (χ3n) is 6.37. The molecule has 1 saturated carbocycles. The third kappa shape index (κ3) is 4.95. The number of methoxy groups -OCH3 is 1. The van der Waals surface area contributed by atoms with Gasteiger partial charge in [-0.2, -0.15) is 0 Å². The van der Waals surface area contributed by atoms with Crippen LogP contribution in [0.2, 0.25) is 0 Å². The molecule has 5 nitrogen and oxygen atoms in total. The Kier molecular flexibility index (Phi) is 6.89. The van der Waals surface area contributed by atoms with Crippen molar-refractivity contribution in [3.63, 3.8) is 0 Å². The van der Waals surface area contributed by atoms with Gasteiger partial charge < -0.3 is 14.4 Å². The van der Waals surface area contributed by atoms with Crippen molar-refractivity contribution in [3.05, 3.63) is 35.9 Å². The van der Waals surface area contributed by atoms with Gasteiger partial charge in [0.2, 0.25) is 5.91 Å². The van der Waals surface area contributed by atoms with Crippen LogP contribution < -0.4 is 9.47 Å². The summed E-state index contributed by atoms with van der Waals surface area (Å²) in [4.78, 5) is 16.4. The van der Waals surface area contributed by atoms with Gasteiger partial charge in [-0.05, 0) is 63.6 Å². The number of hydrogen-bond donors (Lipinski definition) is 0.